The molecule has 0 bridgehead atoms. The molecule has 0 saturated carbocycles. The van der Waals surface area contributed by atoms with Crippen molar-refractivity contribution < 1.29 is 29.0 Å². The molecule has 0 radical (unpaired) electrons. The van der Waals surface area contributed by atoms with Gasteiger partial charge in [-0.1, -0.05) is 42.5 Å². The molecule has 9 heteroatoms. The maximum absolute atomic E-state index is 11.5. The van der Waals surface area contributed by atoms with Gasteiger partial charge >= 0.3 is 15.5 Å². The first-order valence-electron chi connectivity index (χ1n) is 5.78. The highest BCUT2D eigenvalue weighted by atomic mass is 32.1. The summed E-state index contributed by atoms with van der Waals surface area (Å²) in [6, 6.07) is 8.35. The molecule has 0 aliphatic heterocycles. The van der Waals surface area contributed by atoms with E-state index in [0.29, 0.717) is 5.56 Å². The quantitative estimate of drug-likeness (QED) is 0.380. The molecule has 6 nitrogen and oxygen atoms in total. The van der Waals surface area contributed by atoms with Gasteiger partial charge < -0.3 is 9.79 Å². The summed E-state index contributed by atoms with van der Waals surface area (Å²) in [4.78, 5) is 45.7. The van der Waals surface area contributed by atoms with Crippen LogP contribution in [0.25, 0.3) is 0 Å². The van der Waals surface area contributed by atoms with Crippen LogP contribution in [0.1, 0.15) is 24.1 Å². The molecular weight excluding hydrogens is 322 g/mol. The standard InChI is InChI=1S/C11H16O6P2S/c12-18(13,14)8-10(20)6-7-11(19(15,16)17)9-4-2-1-3-5-9/h1-5,11-14H,6-8H2,(H-,15,16,17)/p+1. The third-order valence-electron chi connectivity index (χ3n) is 2.68. The molecule has 0 spiro atoms. The molecule has 0 aromatic heterocycles. The Balaban J connectivity index is 2.74. The van der Waals surface area contributed by atoms with Crippen LogP contribution in [-0.2, 0) is 4.57 Å². The molecule has 1 aromatic carbocycles. The molecule has 1 aromatic rings. The highest BCUT2D eigenvalue weighted by Gasteiger charge is 2.34. The first kappa shape index (κ1) is 17.8. The van der Waals surface area contributed by atoms with Gasteiger partial charge in [0.25, 0.3) is 0 Å². The number of rotatable bonds is 7. The van der Waals surface area contributed by atoms with Gasteiger partial charge in [0.1, 0.15) is 0 Å². The van der Waals surface area contributed by atoms with Crippen LogP contribution in [0.2, 0.25) is 0 Å². The molecule has 1 atom stereocenters. The first-order chi connectivity index (χ1) is 9.09. The van der Waals surface area contributed by atoms with E-state index in [9.17, 15) is 14.4 Å². The van der Waals surface area contributed by atoms with Gasteiger partial charge in [0.15, 0.2) is 6.16 Å². The zero-order chi connectivity index (χ0) is 15.4. The van der Waals surface area contributed by atoms with Gasteiger partial charge in [-0.05, 0) is 18.4 Å². The van der Waals surface area contributed by atoms with E-state index in [2.05, 4.69) is 0 Å². The fraction of sp³-hybridized carbons (Fsp3) is 0.364. The Morgan fingerprint density at radius 1 is 1.20 bits per heavy atom. The minimum absolute atomic E-state index is 0.0765. The van der Waals surface area contributed by atoms with Crippen molar-refractivity contribution in [2.45, 2.75) is 18.5 Å². The minimum Gasteiger partial charge on any atom is -0.324 e. The van der Waals surface area contributed by atoms with Crippen molar-refractivity contribution in [1.82, 2.24) is 0 Å². The van der Waals surface area contributed by atoms with Crippen LogP contribution in [0.15, 0.2) is 30.3 Å². The van der Waals surface area contributed by atoms with E-state index < -0.39 is 27.4 Å². The summed E-state index contributed by atoms with van der Waals surface area (Å²) in [5, 5.41) is 0. The topological polar surface area (TPSA) is 118 Å². The van der Waals surface area contributed by atoms with Crippen LogP contribution in [0.4, 0.5) is 0 Å². The maximum atomic E-state index is 11.5. The molecule has 1 unspecified atom stereocenters. The lowest BCUT2D eigenvalue weighted by Crippen LogP contribution is -2.09. The zero-order valence-electron chi connectivity index (χ0n) is 10.5. The Kier molecular flexibility index (Phi) is 6.38. The molecule has 1 rings (SSSR count). The van der Waals surface area contributed by atoms with Crippen molar-refractivity contribution in [1.29, 1.82) is 0 Å². The SMILES string of the molecule is O=P(O)(O)C(CCC(=S)C[P+](O)(O)O)c1ccccc1. The second-order valence-electron chi connectivity index (χ2n) is 4.44. The van der Waals surface area contributed by atoms with E-state index in [1.807, 2.05) is 0 Å². The third-order valence-corrected chi connectivity index (χ3v) is 5.41. The van der Waals surface area contributed by atoms with Gasteiger partial charge in [0, 0.05) is 4.86 Å². The van der Waals surface area contributed by atoms with Gasteiger partial charge in [-0.2, -0.15) is 14.7 Å². The summed E-state index contributed by atoms with van der Waals surface area (Å²) < 4.78 is 11.5. The van der Waals surface area contributed by atoms with Crippen LogP contribution < -0.4 is 0 Å². The van der Waals surface area contributed by atoms with Crippen LogP contribution in [0, 0.1) is 0 Å². The molecule has 0 saturated heterocycles. The first-order valence-corrected chi connectivity index (χ1v) is 9.70. The van der Waals surface area contributed by atoms with Crippen LogP contribution in [0.5, 0.6) is 0 Å². The summed E-state index contributed by atoms with van der Waals surface area (Å²) in [5.41, 5.74) is -0.493. The normalized spacial score (nSPS) is 14.1. The van der Waals surface area contributed by atoms with Gasteiger partial charge in [0.2, 0.25) is 0 Å². The Hall–Kier alpha value is -0.230. The molecule has 0 aliphatic carbocycles. The number of benzene rings is 1. The monoisotopic (exact) mass is 339 g/mol. The predicted molar refractivity (Wildman–Crippen MR) is 81.5 cm³/mol. The molecule has 20 heavy (non-hydrogen) atoms. The summed E-state index contributed by atoms with van der Waals surface area (Å²) in [6.45, 7) is 0. The lowest BCUT2D eigenvalue weighted by atomic mass is 10.1. The lowest BCUT2D eigenvalue weighted by Gasteiger charge is -2.18. The van der Waals surface area contributed by atoms with Crippen LogP contribution in [0.3, 0.4) is 0 Å². The third kappa shape index (κ3) is 6.48. The summed E-state index contributed by atoms with van der Waals surface area (Å²) in [6.07, 6.45) is -0.235. The minimum atomic E-state index is -4.34. The van der Waals surface area contributed by atoms with Gasteiger partial charge in [-0.25, -0.2) is 0 Å². The Labute approximate surface area is 122 Å². The number of thiocarbonyl (C=S) groups is 1. The second kappa shape index (κ2) is 7.16. The van der Waals surface area contributed by atoms with E-state index >= 15 is 0 Å². The van der Waals surface area contributed by atoms with Gasteiger partial charge in [0.05, 0.1) is 5.66 Å². The number of hydrogen-bond acceptors (Lipinski definition) is 5. The molecule has 0 heterocycles. The molecule has 5 N–H and O–H groups in total. The van der Waals surface area contributed by atoms with Crippen molar-refractivity contribution in [3.8, 4) is 0 Å². The molecule has 0 fully saturated rings. The van der Waals surface area contributed by atoms with Crippen molar-refractivity contribution in [3.63, 3.8) is 0 Å². The fourth-order valence-corrected chi connectivity index (χ4v) is 4.11. The van der Waals surface area contributed by atoms with Gasteiger partial charge in [-0.3, -0.25) is 4.57 Å². The molecule has 112 valence electrons. The van der Waals surface area contributed by atoms with Crippen LogP contribution in [-0.4, -0.2) is 35.5 Å². The predicted octanol–water partition coefficient (Wildman–Crippen LogP) is 1.79. The van der Waals surface area contributed by atoms with Crippen molar-refractivity contribution in [2.75, 3.05) is 6.16 Å². The van der Waals surface area contributed by atoms with E-state index in [4.69, 9.17) is 26.9 Å². The largest absolute Gasteiger partial charge is 0.408 e. The zero-order valence-corrected chi connectivity index (χ0v) is 13.1. The Morgan fingerprint density at radius 2 is 1.75 bits per heavy atom. The molecular formula is C11H17O6P2S+. The van der Waals surface area contributed by atoms with E-state index in [1.54, 1.807) is 30.3 Å². The average Bonchev–Trinajstić information content (AvgIpc) is 2.26. The van der Waals surface area contributed by atoms with E-state index in [0.717, 1.165) is 0 Å². The highest BCUT2D eigenvalue weighted by Crippen LogP contribution is 2.54. The molecule has 0 aliphatic rings. The number of hydrogen-bond donors (Lipinski definition) is 5. The van der Waals surface area contributed by atoms with Crippen molar-refractivity contribution in [3.05, 3.63) is 35.9 Å². The smallest absolute Gasteiger partial charge is 0.324 e. The summed E-state index contributed by atoms with van der Waals surface area (Å²) >= 11 is 4.89. The maximum Gasteiger partial charge on any atom is 0.408 e. The van der Waals surface area contributed by atoms with Gasteiger partial charge in [-0.15, -0.1) is 0 Å². The molecule has 0 amide bonds. The fourth-order valence-electron chi connectivity index (χ4n) is 1.82. The summed E-state index contributed by atoms with van der Waals surface area (Å²) in [7, 11) is -8.32. The van der Waals surface area contributed by atoms with E-state index in [1.165, 1.54) is 0 Å². The second-order valence-corrected chi connectivity index (χ2v) is 8.52. The van der Waals surface area contributed by atoms with Crippen molar-refractivity contribution in [2.24, 2.45) is 0 Å². The van der Waals surface area contributed by atoms with E-state index in [-0.39, 0.29) is 17.7 Å². The van der Waals surface area contributed by atoms with Crippen molar-refractivity contribution >= 4 is 32.6 Å². The Morgan fingerprint density at radius 3 is 2.20 bits per heavy atom. The summed E-state index contributed by atoms with van der Waals surface area (Å²) in [5.74, 6) is 0. The highest BCUT2D eigenvalue weighted by molar-refractivity contribution is 7.81. The average molecular weight is 339 g/mol. The lowest BCUT2D eigenvalue weighted by molar-refractivity contribution is 0.336. The Bertz CT molecular complexity index is 495. The van der Waals surface area contributed by atoms with Crippen LogP contribution >= 0.6 is 27.8 Å².